The summed E-state index contributed by atoms with van der Waals surface area (Å²) in [7, 11) is 3.15. The number of methoxy groups -OCH3 is 2. The van der Waals surface area contributed by atoms with Gasteiger partial charge in [-0.1, -0.05) is 24.3 Å². The van der Waals surface area contributed by atoms with Crippen LogP contribution in [0.5, 0.6) is 11.5 Å². The first kappa shape index (κ1) is 24.5. The van der Waals surface area contributed by atoms with Crippen LogP contribution in [0.25, 0.3) is 0 Å². The number of hydrogen-bond donors (Lipinski definition) is 1. The van der Waals surface area contributed by atoms with Crippen molar-refractivity contribution in [3.05, 3.63) is 92.9 Å². The van der Waals surface area contributed by atoms with Crippen LogP contribution in [0.1, 0.15) is 32.9 Å². The second kappa shape index (κ2) is 10.3. The highest BCUT2D eigenvalue weighted by Gasteiger charge is 2.21. The summed E-state index contributed by atoms with van der Waals surface area (Å²) in [4.78, 5) is 23.7. The molecule has 0 atom stereocenters. The Balaban J connectivity index is 1.46. The first-order valence-electron chi connectivity index (χ1n) is 11.1. The molecule has 1 N–H and O–H groups in total. The molecule has 0 spiro atoms. The maximum absolute atomic E-state index is 12.9. The molecule has 36 heavy (non-hydrogen) atoms. The Hall–Kier alpha value is -4.67. The fourth-order valence-corrected chi connectivity index (χ4v) is 4.03. The van der Waals surface area contributed by atoms with E-state index in [4.69, 9.17) is 9.47 Å². The minimum Gasteiger partial charge on any atom is -0.493 e. The quantitative estimate of drug-likeness (QED) is 0.278. The number of benzene rings is 2. The van der Waals surface area contributed by atoms with Gasteiger partial charge in [-0.05, 0) is 37.6 Å². The van der Waals surface area contributed by atoms with Crippen LogP contribution >= 0.6 is 0 Å². The number of amides is 1. The third-order valence-electron chi connectivity index (χ3n) is 5.84. The largest absolute Gasteiger partial charge is 0.493 e. The van der Waals surface area contributed by atoms with Gasteiger partial charge in [0.05, 0.1) is 38.4 Å². The highest BCUT2D eigenvalue weighted by molar-refractivity contribution is 6.03. The number of nitrogens with zero attached hydrogens (tertiary/aromatic N) is 5. The molecule has 0 aliphatic heterocycles. The molecule has 2 aromatic heterocycles. The van der Waals surface area contributed by atoms with Crippen LogP contribution in [0.2, 0.25) is 0 Å². The second-order valence-electron chi connectivity index (χ2n) is 8.11. The number of anilines is 1. The number of rotatable bonds is 9. The number of aryl methyl sites for hydroxylation is 1. The summed E-state index contributed by atoms with van der Waals surface area (Å²) in [5.41, 5.74) is 3.06. The molecular weight excluding hydrogens is 464 g/mol. The molecule has 186 valence electrons. The van der Waals surface area contributed by atoms with E-state index in [1.54, 1.807) is 74.0 Å². The monoisotopic (exact) mass is 490 g/mol. The Bertz CT molecular complexity index is 1410. The third kappa shape index (κ3) is 4.90. The Kier molecular flexibility index (Phi) is 7.00. The van der Waals surface area contributed by atoms with Gasteiger partial charge in [0.25, 0.3) is 5.91 Å². The first-order chi connectivity index (χ1) is 17.3. The lowest BCUT2D eigenvalue weighted by Crippen LogP contribution is -2.16. The van der Waals surface area contributed by atoms with Crippen molar-refractivity contribution in [3.8, 4) is 11.5 Å². The smallest absolute Gasteiger partial charge is 0.312 e. The minimum absolute atomic E-state index is 0.0224. The fraction of sp³-hybridized carbons (Fsp3) is 0.240. The standard InChI is InChI=1S/C25H26N6O5/c1-16-23(31(33)34)17(2)29(28-16)14-18-8-10-19(11-9-18)25(32)27-22-12-13-26-30(22)15-20-6-5-7-21(35-3)24(20)36-4/h5-13H,14-15H2,1-4H3,(H,27,32). The third-order valence-corrected chi connectivity index (χ3v) is 5.84. The Morgan fingerprint density at radius 3 is 2.42 bits per heavy atom. The lowest BCUT2D eigenvalue weighted by Gasteiger charge is -2.14. The van der Waals surface area contributed by atoms with E-state index in [1.807, 2.05) is 18.2 Å². The zero-order chi connectivity index (χ0) is 25.8. The molecule has 0 saturated heterocycles. The molecule has 0 unspecified atom stereocenters. The van der Waals surface area contributed by atoms with Crippen molar-refractivity contribution in [2.45, 2.75) is 26.9 Å². The van der Waals surface area contributed by atoms with Gasteiger partial charge in [0, 0.05) is 17.2 Å². The predicted molar refractivity (Wildman–Crippen MR) is 133 cm³/mol. The van der Waals surface area contributed by atoms with Gasteiger partial charge in [-0.3, -0.25) is 19.6 Å². The number of nitro groups is 1. The van der Waals surface area contributed by atoms with Crippen LogP contribution in [-0.2, 0) is 13.1 Å². The van der Waals surface area contributed by atoms with Gasteiger partial charge in [0.2, 0.25) is 0 Å². The number of ether oxygens (including phenoxy) is 2. The number of nitrogens with one attached hydrogen (secondary N) is 1. The molecule has 0 fully saturated rings. The zero-order valence-electron chi connectivity index (χ0n) is 20.4. The number of carbonyl (C=O) groups is 1. The molecular formula is C25H26N6O5. The van der Waals surface area contributed by atoms with E-state index in [2.05, 4.69) is 15.5 Å². The maximum atomic E-state index is 12.9. The maximum Gasteiger partial charge on any atom is 0.312 e. The number of aromatic nitrogens is 4. The predicted octanol–water partition coefficient (Wildman–Crippen LogP) is 3.97. The van der Waals surface area contributed by atoms with Crippen LogP contribution in [0.4, 0.5) is 11.5 Å². The normalized spacial score (nSPS) is 10.8. The van der Waals surface area contributed by atoms with E-state index < -0.39 is 4.92 Å². The van der Waals surface area contributed by atoms with Crippen molar-refractivity contribution in [1.29, 1.82) is 0 Å². The summed E-state index contributed by atoms with van der Waals surface area (Å²) in [6.45, 7) is 4.02. The van der Waals surface area contributed by atoms with Crippen LogP contribution in [0, 0.1) is 24.0 Å². The Morgan fingerprint density at radius 1 is 1.03 bits per heavy atom. The van der Waals surface area contributed by atoms with Gasteiger partial charge < -0.3 is 14.8 Å². The van der Waals surface area contributed by atoms with Crippen molar-refractivity contribution in [2.75, 3.05) is 19.5 Å². The number of para-hydroxylation sites is 1. The summed E-state index contributed by atoms with van der Waals surface area (Å²) in [6.07, 6.45) is 1.61. The van der Waals surface area contributed by atoms with E-state index in [0.29, 0.717) is 47.4 Å². The summed E-state index contributed by atoms with van der Waals surface area (Å²) >= 11 is 0. The van der Waals surface area contributed by atoms with Crippen molar-refractivity contribution >= 4 is 17.4 Å². The second-order valence-corrected chi connectivity index (χ2v) is 8.11. The number of hydrogen-bond acceptors (Lipinski definition) is 7. The molecule has 2 aromatic carbocycles. The highest BCUT2D eigenvalue weighted by Crippen LogP contribution is 2.31. The van der Waals surface area contributed by atoms with Crippen LogP contribution < -0.4 is 14.8 Å². The zero-order valence-corrected chi connectivity index (χ0v) is 20.4. The van der Waals surface area contributed by atoms with Gasteiger partial charge >= 0.3 is 5.69 Å². The van der Waals surface area contributed by atoms with E-state index in [-0.39, 0.29) is 11.6 Å². The topological polar surface area (TPSA) is 126 Å². The van der Waals surface area contributed by atoms with Gasteiger partial charge in [-0.25, -0.2) is 4.68 Å². The van der Waals surface area contributed by atoms with Crippen molar-refractivity contribution in [1.82, 2.24) is 19.6 Å². The Morgan fingerprint density at radius 2 is 1.78 bits per heavy atom. The number of carbonyl (C=O) groups excluding carboxylic acids is 1. The summed E-state index contributed by atoms with van der Waals surface area (Å²) in [6, 6.07) is 14.3. The molecule has 11 heteroatoms. The van der Waals surface area contributed by atoms with Crippen molar-refractivity contribution in [3.63, 3.8) is 0 Å². The van der Waals surface area contributed by atoms with E-state index in [1.165, 1.54) is 0 Å². The van der Waals surface area contributed by atoms with Crippen molar-refractivity contribution < 1.29 is 19.2 Å². The molecule has 0 radical (unpaired) electrons. The average molecular weight is 491 g/mol. The van der Waals surface area contributed by atoms with Crippen molar-refractivity contribution in [2.24, 2.45) is 0 Å². The SMILES string of the molecule is COc1cccc(Cn2nccc2NC(=O)c2ccc(Cn3nc(C)c([N+](=O)[O-])c3C)cc2)c1OC. The van der Waals surface area contributed by atoms with E-state index in [9.17, 15) is 14.9 Å². The first-order valence-corrected chi connectivity index (χ1v) is 11.1. The van der Waals surface area contributed by atoms with E-state index in [0.717, 1.165) is 11.1 Å². The molecule has 0 bridgehead atoms. The minimum atomic E-state index is -0.420. The van der Waals surface area contributed by atoms with Gasteiger partial charge in [-0.15, -0.1) is 0 Å². The fourth-order valence-electron chi connectivity index (χ4n) is 4.03. The van der Waals surface area contributed by atoms with Crippen LogP contribution in [0.3, 0.4) is 0 Å². The summed E-state index contributed by atoms with van der Waals surface area (Å²) < 4.78 is 14.1. The van der Waals surface area contributed by atoms with Crippen LogP contribution in [0.15, 0.2) is 54.7 Å². The molecule has 2 heterocycles. The molecule has 0 aliphatic carbocycles. The lowest BCUT2D eigenvalue weighted by atomic mass is 10.1. The van der Waals surface area contributed by atoms with Gasteiger partial charge in [0.1, 0.15) is 17.2 Å². The average Bonchev–Trinajstić information content (AvgIpc) is 3.41. The van der Waals surface area contributed by atoms with Crippen LogP contribution in [-0.4, -0.2) is 44.6 Å². The molecule has 0 aliphatic rings. The lowest BCUT2D eigenvalue weighted by molar-refractivity contribution is -0.386. The van der Waals surface area contributed by atoms with Gasteiger partial charge in [-0.2, -0.15) is 10.2 Å². The Labute approximate surface area is 207 Å². The molecule has 4 aromatic rings. The molecule has 1 amide bonds. The summed E-state index contributed by atoms with van der Waals surface area (Å²) in [5.74, 6) is 1.46. The molecule has 11 nitrogen and oxygen atoms in total. The van der Waals surface area contributed by atoms with E-state index >= 15 is 0 Å². The molecule has 0 saturated carbocycles. The van der Waals surface area contributed by atoms with Gasteiger partial charge in [0.15, 0.2) is 11.5 Å². The summed E-state index contributed by atoms with van der Waals surface area (Å²) in [5, 5.41) is 22.7. The molecule has 4 rings (SSSR count). The highest BCUT2D eigenvalue weighted by atomic mass is 16.6.